The number of alkyl halides is 3. The predicted octanol–water partition coefficient (Wildman–Crippen LogP) is 1.77. The fourth-order valence-corrected chi connectivity index (χ4v) is 2.04. The van der Waals surface area contributed by atoms with Crippen molar-refractivity contribution in [1.29, 1.82) is 0 Å². The Hall–Kier alpha value is -2.29. The number of halogens is 3. The average molecular weight is 375 g/mol. The van der Waals surface area contributed by atoms with Crippen LogP contribution in [0.4, 0.5) is 13.2 Å². The van der Waals surface area contributed by atoms with Crippen LogP contribution in [0.5, 0.6) is 5.75 Å². The van der Waals surface area contributed by atoms with E-state index in [-0.39, 0.29) is 31.5 Å². The highest BCUT2D eigenvalue weighted by Crippen LogP contribution is 2.15. The summed E-state index contributed by atoms with van der Waals surface area (Å²) in [5.41, 5.74) is 0.350. The minimum atomic E-state index is -4.23. The first-order valence-electron chi connectivity index (χ1n) is 8.05. The van der Waals surface area contributed by atoms with Gasteiger partial charge in [-0.2, -0.15) is 13.2 Å². The highest BCUT2D eigenvalue weighted by Gasteiger charge is 2.28. The first kappa shape index (κ1) is 21.8. The molecule has 9 heteroatoms. The van der Waals surface area contributed by atoms with Gasteiger partial charge in [-0.1, -0.05) is 6.07 Å². The topological polar surface area (TPSA) is 61.9 Å². The summed E-state index contributed by atoms with van der Waals surface area (Å²) in [6.07, 6.45) is -3.84. The van der Waals surface area contributed by atoms with Crippen molar-refractivity contribution in [2.45, 2.75) is 12.6 Å². The number of ether oxygens (including phenoxy) is 1. The number of nitrogens with zero attached hydrogens (tertiary/aromatic N) is 2. The van der Waals surface area contributed by atoms with Crippen LogP contribution in [0, 0.1) is 0 Å². The molecule has 0 atom stereocenters. The smallest absolute Gasteiger partial charge is 0.401 e. The van der Waals surface area contributed by atoms with Gasteiger partial charge in [-0.15, -0.1) is 0 Å². The Kier molecular flexibility index (Phi) is 8.37. The summed E-state index contributed by atoms with van der Waals surface area (Å²) in [7, 11) is 4.61. The van der Waals surface area contributed by atoms with Gasteiger partial charge in [0.25, 0.3) is 11.8 Å². The molecule has 0 radical (unpaired) electrons. The van der Waals surface area contributed by atoms with E-state index in [9.17, 15) is 22.8 Å². The third kappa shape index (κ3) is 8.70. The predicted molar refractivity (Wildman–Crippen MR) is 91.1 cm³/mol. The van der Waals surface area contributed by atoms with E-state index in [1.165, 1.54) is 18.0 Å². The molecule has 2 amide bonds. The summed E-state index contributed by atoms with van der Waals surface area (Å²) in [6.45, 7) is -0.642. The second kappa shape index (κ2) is 10.0. The van der Waals surface area contributed by atoms with E-state index in [0.717, 1.165) is 4.90 Å². The summed E-state index contributed by atoms with van der Waals surface area (Å²) < 4.78 is 42.0. The molecule has 0 aliphatic carbocycles. The van der Waals surface area contributed by atoms with Gasteiger partial charge in [0.15, 0.2) is 6.61 Å². The highest BCUT2D eigenvalue weighted by atomic mass is 19.4. The fraction of sp³-hybridized carbons (Fsp3) is 0.529. The number of carbonyl (C=O) groups is 2. The van der Waals surface area contributed by atoms with Gasteiger partial charge in [0.2, 0.25) is 0 Å². The average Bonchev–Trinajstić information content (AvgIpc) is 2.54. The normalized spacial score (nSPS) is 11.3. The minimum Gasteiger partial charge on any atom is -0.484 e. The molecule has 0 fully saturated rings. The number of benzene rings is 1. The lowest BCUT2D eigenvalue weighted by Crippen LogP contribution is -2.33. The van der Waals surface area contributed by atoms with Crippen LogP contribution in [0.25, 0.3) is 0 Å². The third-order valence-electron chi connectivity index (χ3n) is 3.41. The summed E-state index contributed by atoms with van der Waals surface area (Å²) in [5.74, 6) is -0.173. The second-order valence-electron chi connectivity index (χ2n) is 6.07. The zero-order valence-corrected chi connectivity index (χ0v) is 15.1. The van der Waals surface area contributed by atoms with E-state index >= 15 is 0 Å². The highest BCUT2D eigenvalue weighted by molar-refractivity contribution is 5.94. The lowest BCUT2D eigenvalue weighted by atomic mass is 10.2. The summed E-state index contributed by atoms with van der Waals surface area (Å²) in [4.78, 5) is 26.1. The molecule has 1 aromatic carbocycles. The fourth-order valence-electron chi connectivity index (χ4n) is 2.04. The number of hydrogen-bond acceptors (Lipinski definition) is 4. The van der Waals surface area contributed by atoms with Crippen molar-refractivity contribution in [2.75, 3.05) is 47.4 Å². The molecular formula is C17H24F3N3O3. The standard InChI is InChI=1S/C17H24F3N3O3/c1-22(2)15(24)11-26-14-7-4-6-13(10-14)16(25)21-8-5-9-23(3)12-17(18,19)20/h4,6-7,10H,5,8-9,11-12H2,1-3H3,(H,21,25). The number of hydrogen-bond donors (Lipinski definition) is 1. The molecule has 6 nitrogen and oxygen atoms in total. The van der Waals surface area contributed by atoms with Crippen molar-refractivity contribution in [1.82, 2.24) is 15.1 Å². The van der Waals surface area contributed by atoms with Crippen molar-refractivity contribution in [3.8, 4) is 5.75 Å². The number of amides is 2. The van der Waals surface area contributed by atoms with Gasteiger partial charge in [0.05, 0.1) is 6.54 Å². The first-order chi connectivity index (χ1) is 12.1. The van der Waals surface area contributed by atoms with Gasteiger partial charge in [0, 0.05) is 26.2 Å². The third-order valence-corrected chi connectivity index (χ3v) is 3.41. The molecule has 0 aromatic heterocycles. The van der Waals surface area contributed by atoms with E-state index < -0.39 is 12.7 Å². The molecule has 1 aromatic rings. The lowest BCUT2D eigenvalue weighted by Gasteiger charge is -2.18. The van der Waals surface area contributed by atoms with Crippen molar-refractivity contribution in [3.05, 3.63) is 29.8 Å². The van der Waals surface area contributed by atoms with Gasteiger partial charge in [-0.3, -0.25) is 14.5 Å². The monoisotopic (exact) mass is 375 g/mol. The minimum absolute atomic E-state index is 0.135. The zero-order valence-electron chi connectivity index (χ0n) is 15.1. The number of likely N-dealkylation sites (N-methyl/N-ethyl adjacent to an activating group) is 1. The van der Waals surface area contributed by atoms with Crippen molar-refractivity contribution >= 4 is 11.8 Å². The van der Waals surface area contributed by atoms with Crippen LogP contribution in [-0.2, 0) is 4.79 Å². The Balaban J connectivity index is 2.41. The van der Waals surface area contributed by atoms with Gasteiger partial charge >= 0.3 is 6.18 Å². The quantitative estimate of drug-likeness (QED) is 0.669. The Morgan fingerprint density at radius 3 is 2.50 bits per heavy atom. The molecule has 0 spiro atoms. The number of carbonyl (C=O) groups excluding carboxylic acids is 2. The molecule has 1 rings (SSSR count). The summed E-state index contributed by atoms with van der Waals surface area (Å²) in [6, 6.07) is 6.35. The molecule has 1 N–H and O–H groups in total. The van der Waals surface area contributed by atoms with Gasteiger partial charge in [-0.05, 0) is 38.2 Å². The molecule has 0 saturated heterocycles. The van der Waals surface area contributed by atoms with Crippen LogP contribution in [-0.4, -0.2) is 75.2 Å². The van der Waals surface area contributed by atoms with Crippen LogP contribution in [0.1, 0.15) is 16.8 Å². The molecule has 0 aliphatic rings. The SMILES string of the molecule is CN(CCCNC(=O)c1cccc(OCC(=O)N(C)C)c1)CC(F)(F)F. The Labute approximate surface area is 150 Å². The first-order valence-corrected chi connectivity index (χ1v) is 8.05. The van der Waals surface area contributed by atoms with Crippen molar-refractivity contribution < 1.29 is 27.5 Å². The van der Waals surface area contributed by atoms with Crippen LogP contribution >= 0.6 is 0 Å². The van der Waals surface area contributed by atoms with E-state index in [0.29, 0.717) is 17.7 Å². The van der Waals surface area contributed by atoms with E-state index in [4.69, 9.17) is 4.74 Å². The maximum Gasteiger partial charge on any atom is 0.401 e. The zero-order chi connectivity index (χ0) is 19.7. The largest absolute Gasteiger partial charge is 0.484 e. The van der Waals surface area contributed by atoms with Gasteiger partial charge in [-0.25, -0.2) is 0 Å². The Morgan fingerprint density at radius 2 is 1.88 bits per heavy atom. The molecule has 146 valence electrons. The van der Waals surface area contributed by atoms with Gasteiger partial charge in [0.1, 0.15) is 5.75 Å². The summed E-state index contributed by atoms with van der Waals surface area (Å²) >= 11 is 0. The Bertz CT molecular complexity index is 606. The number of rotatable bonds is 9. The van der Waals surface area contributed by atoms with Crippen molar-refractivity contribution in [2.24, 2.45) is 0 Å². The van der Waals surface area contributed by atoms with Gasteiger partial charge < -0.3 is 15.0 Å². The van der Waals surface area contributed by atoms with Crippen LogP contribution < -0.4 is 10.1 Å². The molecule has 0 unspecified atom stereocenters. The van der Waals surface area contributed by atoms with Crippen LogP contribution in [0.15, 0.2) is 24.3 Å². The van der Waals surface area contributed by atoms with Crippen LogP contribution in [0.3, 0.4) is 0 Å². The van der Waals surface area contributed by atoms with Crippen molar-refractivity contribution in [3.63, 3.8) is 0 Å². The van der Waals surface area contributed by atoms with Crippen LogP contribution in [0.2, 0.25) is 0 Å². The van der Waals surface area contributed by atoms with E-state index in [1.54, 1.807) is 32.3 Å². The lowest BCUT2D eigenvalue weighted by molar-refractivity contribution is -0.143. The molecule has 0 heterocycles. The molecule has 0 bridgehead atoms. The molecule has 26 heavy (non-hydrogen) atoms. The maximum atomic E-state index is 12.2. The van der Waals surface area contributed by atoms with E-state index in [2.05, 4.69) is 5.32 Å². The second-order valence-corrected chi connectivity index (χ2v) is 6.07. The summed E-state index contributed by atoms with van der Waals surface area (Å²) in [5, 5.41) is 2.65. The molecular weight excluding hydrogens is 351 g/mol. The molecule has 0 aliphatic heterocycles. The number of nitrogens with one attached hydrogen (secondary N) is 1. The van der Waals surface area contributed by atoms with E-state index in [1.807, 2.05) is 0 Å². The molecule has 0 saturated carbocycles. The maximum absolute atomic E-state index is 12.2. The Morgan fingerprint density at radius 1 is 1.19 bits per heavy atom.